The summed E-state index contributed by atoms with van der Waals surface area (Å²) in [6.07, 6.45) is 5.82. The third-order valence-electron chi connectivity index (χ3n) is 1.61. The van der Waals surface area contributed by atoms with Crippen LogP contribution in [0.1, 0.15) is 19.1 Å². The second-order valence-electron chi connectivity index (χ2n) is 2.73. The topological polar surface area (TPSA) is 42.6 Å². The maximum absolute atomic E-state index is 9.77. The Hall–Kier alpha value is -1.60. The highest BCUT2D eigenvalue weighted by Crippen LogP contribution is 2.09. The zero-order valence-corrected chi connectivity index (χ0v) is 7.49. The molecule has 3 nitrogen and oxygen atoms in total. The molecule has 0 unspecified atom stereocenters. The van der Waals surface area contributed by atoms with Gasteiger partial charge in [-0.3, -0.25) is 0 Å². The van der Waals surface area contributed by atoms with Crippen LogP contribution in [0.4, 0.5) is 0 Å². The molecule has 0 fully saturated rings. The van der Waals surface area contributed by atoms with Crippen molar-refractivity contribution in [3.05, 3.63) is 29.7 Å². The van der Waals surface area contributed by atoms with Crippen molar-refractivity contribution in [2.45, 2.75) is 13.3 Å². The van der Waals surface area contributed by atoms with Crippen LogP contribution in [0.2, 0.25) is 0 Å². The van der Waals surface area contributed by atoms with Crippen molar-refractivity contribution in [2.75, 3.05) is 6.54 Å². The van der Waals surface area contributed by atoms with Crippen LogP contribution >= 0.6 is 0 Å². The Balaban J connectivity index is 2.47. The van der Waals surface area contributed by atoms with Crippen LogP contribution in [0.3, 0.4) is 0 Å². The first-order valence-corrected chi connectivity index (χ1v) is 4.07. The Bertz CT molecular complexity index is 319. The molecule has 0 amide bonds. The first kappa shape index (κ1) is 9.49. The monoisotopic (exact) mass is 177 g/mol. The zero-order chi connectivity index (χ0) is 9.52. The van der Waals surface area contributed by atoms with Gasteiger partial charge in [-0.2, -0.15) is 0 Å². The number of isocyanates is 1. The van der Waals surface area contributed by atoms with E-state index in [0.717, 1.165) is 17.8 Å². The molecule has 1 heterocycles. The first-order chi connectivity index (χ1) is 6.33. The third kappa shape index (κ3) is 3.54. The van der Waals surface area contributed by atoms with E-state index in [1.54, 1.807) is 6.26 Å². The van der Waals surface area contributed by atoms with E-state index in [0.29, 0.717) is 6.54 Å². The highest BCUT2D eigenvalue weighted by atomic mass is 16.3. The summed E-state index contributed by atoms with van der Waals surface area (Å²) in [6.45, 7) is 2.47. The SMILES string of the molecule is C/C(=C\c1ccco1)CCN=C=O. The molecule has 0 spiro atoms. The Kier molecular flexibility index (Phi) is 3.74. The molecule has 0 radical (unpaired) electrons. The molecule has 0 saturated heterocycles. The van der Waals surface area contributed by atoms with Gasteiger partial charge >= 0.3 is 0 Å². The highest BCUT2D eigenvalue weighted by Gasteiger charge is 1.92. The quantitative estimate of drug-likeness (QED) is 0.523. The minimum atomic E-state index is 0.493. The molecular weight excluding hydrogens is 166 g/mol. The van der Waals surface area contributed by atoms with Crippen LogP contribution in [0.25, 0.3) is 6.08 Å². The molecular formula is C10H11NO2. The van der Waals surface area contributed by atoms with Crippen molar-refractivity contribution in [2.24, 2.45) is 4.99 Å². The molecule has 3 heteroatoms. The van der Waals surface area contributed by atoms with E-state index in [1.807, 2.05) is 25.1 Å². The summed E-state index contributed by atoms with van der Waals surface area (Å²) in [7, 11) is 0. The first-order valence-electron chi connectivity index (χ1n) is 4.07. The largest absolute Gasteiger partial charge is 0.465 e. The fourth-order valence-corrected chi connectivity index (χ4v) is 0.966. The van der Waals surface area contributed by atoms with Crippen molar-refractivity contribution in [1.82, 2.24) is 0 Å². The Labute approximate surface area is 76.8 Å². The maximum Gasteiger partial charge on any atom is 0.234 e. The molecule has 1 aromatic heterocycles. The van der Waals surface area contributed by atoms with Crippen LogP contribution in [-0.4, -0.2) is 12.6 Å². The number of nitrogens with zero attached hydrogens (tertiary/aromatic N) is 1. The van der Waals surface area contributed by atoms with Crippen LogP contribution in [0.15, 0.2) is 33.4 Å². The number of aliphatic imine (C=N–C) groups is 1. The van der Waals surface area contributed by atoms with Gasteiger partial charge in [0.1, 0.15) is 5.76 Å². The summed E-state index contributed by atoms with van der Waals surface area (Å²) in [4.78, 5) is 13.2. The lowest BCUT2D eigenvalue weighted by Gasteiger charge is -1.94. The second-order valence-corrected chi connectivity index (χ2v) is 2.73. The Morgan fingerprint density at radius 3 is 3.23 bits per heavy atom. The van der Waals surface area contributed by atoms with Crippen LogP contribution < -0.4 is 0 Å². The van der Waals surface area contributed by atoms with Gasteiger partial charge in [0.15, 0.2) is 0 Å². The molecule has 68 valence electrons. The number of furan rings is 1. The molecule has 0 aliphatic rings. The Morgan fingerprint density at radius 1 is 1.77 bits per heavy atom. The molecule has 0 aromatic carbocycles. The fourth-order valence-electron chi connectivity index (χ4n) is 0.966. The number of carbonyl (C=O) groups excluding carboxylic acids is 1. The van der Waals surface area contributed by atoms with E-state index < -0.39 is 0 Å². The molecule has 1 aromatic rings. The normalized spacial score (nSPS) is 11.0. The molecule has 0 saturated carbocycles. The van der Waals surface area contributed by atoms with E-state index in [4.69, 9.17) is 4.42 Å². The lowest BCUT2D eigenvalue weighted by molar-refractivity contribution is 0.556. The molecule has 0 atom stereocenters. The number of hydrogen-bond donors (Lipinski definition) is 0. The molecule has 0 bridgehead atoms. The molecule has 0 aliphatic carbocycles. The van der Waals surface area contributed by atoms with Crippen molar-refractivity contribution < 1.29 is 9.21 Å². The lowest BCUT2D eigenvalue weighted by atomic mass is 10.2. The van der Waals surface area contributed by atoms with E-state index >= 15 is 0 Å². The van der Waals surface area contributed by atoms with Gasteiger partial charge in [0, 0.05) is 0 Å². The predicted molar refractivity (Wildman–Crippen MR) is 50.0 cm³/mol. The van der Waals surface area contributed by atoms with Crippen molar-refractivity contribution in [3.8, 4) is 0 Å². The summed E-state index contributed by atoms with van der Waals surface area (Å²) in [5, 5.41) is 0. The highest BCUT2D eigenvalue weighted by molar-refractivity contribution is 5.46. The summed E-state index contributed by atoms with van der Waals surface area (Å²) in [5.74, 6) is 0.826. The van der Waals surface area contributed by atoms with Gasteiger partial charge in [-0.1, -0.05) is 5.57 Å². The fraction of sp³-hybridized carbons (Fsp3) is 0.300. The van der Waals surface area contributed by atoms with Crippen molar-refractivity contribution in [3.63, 3.8) is 0 Å². The van der Waals surface area contributed by atoms with Gasteiger partial charge in [-0.25, -0.2) is 9.79 Å². The third-order valence-corrected chi connectivity index (χ3v) is 1.61. The lowest BCUT2D eigenvalue weighted by Crippen LogP contribution is -1.82. The van der Waals surface area contributed by atoms with Gasteiger partial charge < -0.3 is 4.42 Å². The summed E-state index contributed by atoms with van der Waals surface area (Å²) < 4.78 is 5.13. The van der Waals surface area contributed by atoms with Gasteiger partial charge in [-0.15, -0.1) is 0 Å². The van der Waals surface area contributed by atoms with Crippen LogP contribution in [0, 0.1) is 0 Å². The van der Waals surface area contributed by atoms with Gasteiger partial charge in [0.05, 0.1) is 12.8 Å². The molecule has 1 rings (SSSR count). The van der Waals surface area contributed by atoms with E-state index in [1.165, 1.54) is 6.08 Å². The van der Waals surface area contributed by atoms with Gasteiger partial charge in [-0.05, 0) is 31.6 Å². The molecule has 0 N–H and O–H groups in total. The van der Waals surface area contributed by atoms with Gasteiger partial charge in [0.2, 0.25) is 6.08 Å². The second kappa shape index (κ2) is 5.12. The summed E-state index contributed by atoms with van der Waals surface area (Å²) in [5.41, 5.74) is 1.13. The van der Waals surface area contributed by atoms with E-state index in [-0.39, 0.29) is 0 Å². The minimum absolute atomic E-state index is 0.493. The van der Waals surface area contributed by atoms with Crippen LogP contribution in [-0.2, 0) is 4.79 Å². The van der Waals surface area contributed by atoms with Crippen molar-refractivity contribution >= 4 is 12.2 Å². The van der Waals surface area contributed by atoms with Gasteiger partial charge in [0.25, 0.3) is 0 Å². The zero-order valence-electron chi connectivity index (χ0n) is 7.49. The minimum Gasteiger partial charge on any atom is -0.465 e. The van der Waals surface area contributed by atoms with E-state index in [2.05, 4.69) is 4.99 Å². The smallest absolute Gasteiger partial charge is 0.234 e. The Morgan fingerprint density at radius 2 is 2.62 bits per heavy atom. The molecule has 13 heavy (non-hydrogen) atoms. The predicted octanol–water partition coefficient (Wildman–Crippen LogP) is 2.41. The standard InChI is InChI=1S/C10H11NO2/c1-9(4-5-11-8-12)7-10-3-2-6-13-10/h2-3,6-7H,4-5H2,1H3/b9-7+. The number of hydrogen-bond acceptors (Lipinski definition) is 3. The number of rotatable bonds is 4. The summed E-state index contributed by atoms with van der Waals surface area (Å²) >= 11 is 0. The molecule has 0 aliphatic heterocycles. The summed E-state index contributed by atoms with van der Waals surface area (Å²) in [6, 6.07) is 3.72. The maximum atomic E-state index is 9.77. The average Bonchev–Trinajstić information content (AvgIpc) is 2.57. The van der Waals surface area contributed by atoms with Crippen LogP contribution in [0.5, 0.6) is 0 Å². The van der Waals surface area contributed by atoms with E-state index in [9.17, 15) is 4.79 Å². The van der Waals surface area contributed by atoms with Crippen molar-refractivity contribution in [1.29, 1.82) is 0 Å². The average molecular weight is 177 g/mol.